The van der Waals surface area contributed by atoms with Crippen molar-refractivity contribution >= 4 is 22.1 Å². The zero-order chi connectivity index (χ0) is 14.7. The molecule has 0 spiro atoms. The first kappa shape index (κ1) is 14.2. The molecule has 0 bridgehead atoms. The second-order valence-corrected chi connectivity index (χ2v) is 6.46. The lowest BCUT2D eigenvalue weighted by molar-refractivity contribution is 0.282. The van der Waals surface area contributed by atoms with Crippen molar-refractivity contribution in [2.45, 2.75) is 39.0 Å². The summed E-state index contributed by atoms with van der Waals surface area (Å²) in [5.74, 6) is 1.83. The molecule has 3 rings (SSSR count). The highest BCUT2D eigenvalue weighted by Gasteiger charge is 2.17. The van der Waals surface area contributed by atoms with Crippen LogP contribution in [0, 0.1) is 11.8 Å². The summed E-state index contributed by atoms with van der Waals surface area (Å²) in [6.45, 7) is 3.41. The minimum Gasteiger partial charge on any atom is -0.398 e. The fraction of sp³-hybridized carbons (Fsp3) is 0.500. The van der Waals surface area contributed by atoms with Crippen molar-refractivity contribution in [3.05, 3.63) is 30.6 Å². The van der Waals surface area contributed by atoms with E-state index in [4.69, 9.17) is 5.73 Å². The minimum absolute atomic E-state index is 0.819. The van der Waals surface area contributed by atoms with E-state index in [-0.39, 0.29) is 0 Å². The second kappa shape index (κ2) is 6.33. The van der Waals surface area contributed by atoms with Gasteiger partial charge in [-0.1, -0.05) is 32.6 Å². The zero-order valence-corrected chi connectivity index (χ0v) is 12.8. The van der Waals surface area contributed by atoms with Gasteiger partial charge in [-0.3, -0.25) is 4.98 Å². The summed E-state index contributed by atoms with van der Waals surface area (Å²) < 4.78 is 0. The van der Waals surface area contributed by atoms with Crippen LogP contribution < -0.4 is 11.1 Å². The molecule has 1 aliphatic rings. The molecular formula is C18H25N3. The Morgan fingerprint density at radius 2 is 1.95 bits per heavy atom. The summed E-state index contributed by atoms with van der Waals surface area (Å²) in [6, 6.07) is 6.04. The first-order valence-electron chi connectivity index (χ1n) is 8.10. The Hall–Kier alpha value is -1.77. The SMILES string of the molecule is CC1CCC(CCNc2ccc(N)c3ccncc23)CC1. The van der Waals surface area contributed by atoms with Gasteiger partial charge in [0.2, 0.25) is 0 Å². The molecule has 1 aliphatic carbocycles. The number of rotatable bonds is 4. The lowest BCUT2D eigenvalue weighted by Gasteiger charge is -2.26. The van der Waals surface area contributed by atoms with Crippen molar-refractivity contribution in [1.29, 1.82) is 0 Å². The number of nitrogens with one attached hydrogen (secondary N) is 1. The van der Waals surface area contributed by atoms with Gasteiger partial charge >= 0.3 is 0 Å². The third-order valence-corrected chi connectivity index (χ3v) is 4.86. The van der Waals surface area contributed by atoms with E-state index < -0.39 is 0 Å². The molecule has 21 heavy (non-hydrogen) atoms. The van der Waals surface area contributed by atoms with E-state index >= 15 is 0 Å². The van der Waals surface area contributed by atoms with Gasteiger partial charge in [0.15, 0.2) is 0 Å². The fourth-order valence-corrected chi connectivity index (χ4v) is 3.40. The highest BCUT2D eigenvalue weighted by Crippen LogP contribution is 2.31. The molecule has 2 aromatic rings. The molecule has 3 N–H and O–H groups in total. The summed E-state index contributed by atoms with van der Waals surface area (Å²) >= 11 is 0. The largest absolute Gasteiger partial charge is 0.398 e. The van der Waals surface area contributed by atoms with Crippen molar-refractivity contribution in [1.82, 2.24) is 4.98 Å². The Balaban J connectivity index is 1.62. The predicted octanol–water partition coefficient (Wildman–Crippen LogP) is 4.45. The lowest BCUT2D eigenvalue weighted by Crippen LogP contribution is -2.15. The summed E-state index contributed by atoms with van der Waals surface area (Å²) in [4.78, 5) is 4.23. The number of nitrogens with zero attached hydrogens (tertiary/aromatic N) is 1. The third-order valence-electron chi connectivity index (χ3n) is 4.86. The van der Waals surface area contributed by atoms with Crippen LogP contribution >= 0.6 is 0 Å². The smallest absolute Gasteiger partial charge is 0.0437 e. The highest BCUT2D eigenvalue weighted by atomic mass is 14.9. The average Bonchev–Trinajstić information content (AvgIpc) is 2.52. The van der Waals surface area contributed by atoms with Crippen LogP contribution in [0.4, 0.5) is 11.4 Å². The second-order valence-electron chi connectivity index (χ2n) is 6.46. The van der Waals surface area contributed by atoms with Gasteiger partial charge in [0.05, 0.1) is 0 Å². The van der Waals surface area contributed by atoms with E-state index in [0.29, 0.717) is 0 Å². The minimum atomic E-state index is 0.819. The number of anilines is 2. The number of nitrogen functional groups attached to an aromatic ring is 1. The normalized spacial score (nSPS) is 22.3. The maximum Gasteiger partial charge on any atom is 0.0437 e. The van der Waals surface area contributed by atoms with E-state index in [1.165, 1.54) is 32.1 Å². The topological polar surface area (TPSA) is 50.9 Å². The van der Waals surface area contributed by atoms with Crippen LogP contribution in [-0.2, 0) is 0 Å². The van der Waals surface area contributed by atoms with Crippen LogP contribution in [0.25, 0.3) is 10.8 Å². The highest BCUT2D eigenvalue weighted by molar-refractivity contribution is 6.00. The third kappa shape index (κ3) is 3.29. The number of hydrogen-bond donors (Lipinski definition) is 2. The summed E-state index contributed by atoms with van der Waals surface area (Å²) in [5.41, 5.74) is 8.00. The van der Waals surface area contributed by atoms with Crippen LogP contribution in [0.15, 0.2) is 30.6 Å². The number of aromatic nitrogens is 1. The van der Waals surface area contributed by atoms with Crippen molar-refractivity contribution in [3.63, 3.8) is 0 Å². The van der Waals surface area contributed by atoms with Crippen LogP contribution in [0.2, 0.25) is 0 Å². The Labute approximate surface area is 127 Å². The van der Waals surface area contributed by atoms with Crippen molar-refractivity contribution in [3.8, 4) is 0 Å². The van der Waals surface area contributed by atoms with Crippen LogP contribution in [0.5, 0.6) is 0 Å². The van der Waals surface area contributed by atoms with E-state index in [1.54, 1.807) is 6.20 Å². The molecule has 0 unspecified atom stereocenters. The molecule has 0 saturated heterocycles. The van der Waals surface area contributed by atoms with Gasteiger partial charge in [-0.25, -0.2) is 0 Å². The van der Waals surface area contributed by atoms with Gasteiger partial charge in [-0.15, -0.1) is 0 Å². The number of benzene rings is 1. The predicted molar refractivity (Wildman–Crippen MR) is 90.4 cm³/mol. The molecular weight excluding hydrogens is 258 g/mol. The molecule has 112 valence electrons. The first-order chi connectivity index (χ1) is 10.2. The molecule has 3 heteroatoms. The van der Waals surface area contributed by atoms with Gasteiger partial charge in [-0.05, 0) is 36.5 Å². The summed E-state index contributed by atoms with van der Waals surface area (Å²) in [6.07, 6.45) is 10.6. The van der Waals surface area contributed by atoms with E-state index in [0.717, 1.165) is 40.5 Å². The maximum absolute atomic E-state index is 6.03. The van der Waals surface area contributed by atoms with Crippen LogP contribution in [0.1, 0.15) is 39.0 Å². The Kier molecular flexibility index (Phi) is 4.28. The van der Waals surface area contributed by atoms with Gasteiger partial charge < -0.3 is 11.1 Å². The molecule has 3 nitrogen and oxygen atoms in total. The Morgan fingerprint density at radius 1 is 1.14 bits per heavy atom. The van der Waals surface area contributed by atoms with Gasteiger partial charge in [0.25, 0.3) is 0 Å². The molecule has 1 fully saturated rings. The maximum atomic E-state index is 6.03. The summed E-state index contributed by atoms with van der Waals surface area (Å²) in [7, 11) is 0. The molecule has 0 radical (unpaired) electrons. The molecule has 0 amide bonds. The van der Waals surface area contributed by atoms with Gasteiger partial charge in [-0.2, -0.15) is 0 Å². The monoisotopic (exact) mass is 283 g/mol. The van der Waals surface area contributed by atoms with Crippen LogP contribution in [-0.4, -0.2) is 11.5 Å². The van der Waals surface area contributed by atoms with Crippen molar-refractivity contribution < 1.29 is 0 Å². The van der Waals surface area contributed by atoms with Crippen LogP contribution in [0.3, 0.4) is 0 Å². The summed E-state index contributed by atoms with van der Waals surface area (Å²) in [5, 5.41) is 5.78. The molecule has 0 aliphatic heterocycles. The number of hydrogen-bond acceptors (Lipinski definition) is 3. The number of fused-ring (bicyclic) bond motifs is 1. The standard InChI is InChI=1S/C18H25N3/c1-13-2-4-14(5-3-13)8-11-21-18-7-6-17(19)15-9-10-20-12-16(15)18/h6-7,9-10,12-14,21H,2-5,8,11,19H2,1H3. The van der Waals surface area contributed by atoms with E-state index in [2.05, 4.69) is 23.3 Å². The Morgan fingerprint density at radius 3 is 2.76 bits per heavy atom. The molecule has 1 heterocycles. The Bertz CT molecular complexity index is 600. The van der Waals surface area contributed by atoms with Gasteiger partial charge in [0.1, 0.15) is 0 Å². The van der Waals surface area contributed by atoms with E-state index in [1.807, 2.05) is 18.3 Å². The van der Waals surface area contributed by atoms with Crippen molar-refractivity contribution in [2.75, 3.05) is 17.6 Å². The number of pyridine rings is 1. The van der Waals surface area contributed by atoms with Crippen molar-refractivity contribution in [2.24, 2.45) is 11.8 Å². The number of nitrogens with two attached hydrogens (primary N) is 1. The average molecular weight is 283 g/mol. The molecule has 0 atom stereocenters. The first-order valence-corrected chi connectivity index (χ1v) is 8.10. The molecule has 1 aromatic heterocycles. The molecule has 1 saturated carbocycles. The zero-order valence-electron chi connectivity index (χ0n) is 12.8. The quantitative estimate of drug-likeness (QED) is 0.815. The lowest BCUT2D eigenvalue weighted by atomic mass is 9.81. The molecule has 1 aromatic carbocycles. The fourth-order valence-electron chi connectivity index (χ4n) is 3.40. The van der Waals surface area contributed by atoms with E-state index in [9.17, 15) is 0 Å². The van der Waals surface area contributed by atoms with Gasteiger partial charge in [0, 0.05) is 41.1 Å².